The summed E-state index contributed by atoms with van der Waals surface area (Å²) in [7, 11) is 0. The van der Waals surface area contributed by atoms with Crippen molar-refractivity contribution in [1.29, 1.82) is 0 Å². The van der Waals surface area contributed by atoms with E-state index in [1.165, 1.54) is 35.7 Å². The molecule has 2 aliphatic rings. The second-order valence-corrected chi connectivity index (χ2v) is 6.57. The zero-order chi connectivity index (χ0) is 12.4. The molecule has 1 saturated carbocycles. The van der Waals surface area contributed by atoms with Gasteiger partial charge in [-0.25, -0.2) is 0 Å². The number of rotatable bonds is 3. The Kier molecular flexibility index (Phi) is 3.80. The Labute approximate surface area is 122 Å². The van der Waals surface area contributed by atoms with Crippen LogP contribution in [0.4, 0.5) is 0 Å². The van der Waals surface area contributed by atoms with Crippen LogP contribution in [-0.2, 0) is 4.74 Å². The Balaban J connectivity index is 1.54. The van der Waals surface area contributed by atoms with Gasteiger partial charge in [0.1, 0.15) is 12.4 Å². The molecular weight excluding hydrogens is 339 g/mol. The third-order valence-electron chi connectivity index (χ3n) is 4.11. The Hall–Kier alpha value is -0.290. The molecule has 1 atom stereocenters. The van der Waals surface area contributed by atoms with Gasteiger partial charge in [-0.1, -0.05) is 25.0 Å². The van der Waals surface area contributed by atoms with Gasteiger partial charge >= 0.3 is 0 Å². The molecule has 1 aliphatic heterocycles. The topological polar surface area (TPSA) is 18.5 Å². The number of halogens is 1. The van der Waals surface area contributed by atoms with E-state index in [2.05, 4.69) is 28.7 Å². The second kappa shape index (κ2) is 5.37. The lowest BCUT2D eigenvalue weighted by Gasteiger charge is -2.23. The van der Waals surface area contributed by atoms with Crippen molar-refractivity contribution in [2.45, 2.75) is 50.2 Å². The van der Waals surface area contributed by atoms with Gasteiger partial charge in [0.05, 0.1) is 15.3 Å². The summed E-state index contributed by atoms with van der Waals surface area (Å²) in [5.74, 6) is 0.981. The van der Waals surface area contributed by atoms with Crippen LogP contribution in [0.5, 0.6) is 5.75 Å². The summed E-state index contributed by atoms with van der Waals surface area (Å²) in [6, 6.07) is 8.16. The summed E-state index contributed by atoms with van der Waals surface area (Å²) in [5, 5.41) is 0. The smallest absolute Gasteiger partial charge is 0.132 e. The number of hydrogen-bond donors (Lipinski definition) is 0. The van der Waals surface area contributed by atoms with Crippen LogP contribution in [0.1, 0.15) is 38.5 Å². The first-order valence-electron chi connectivity index (χ1n) is 6.83. The van der Waals surface area contributed by atoms with Crippen molar-refractivity contribution in [1.82, 2.24) is 0 Å². The zero-order valence-electron chi connectivity index (χ0n) is 10.5. The van der Waals surface area contributed by atoms with Crippen molar-refractivity contribution < 1.29 is 9.47 Å². The van der Waals surface area contributed by atoms with Crippen molar-refractivity contribution >= 4 is 22.6 Å². The van der Waals surface area contributed by atoms with Gasteiger partial charge < -0.3 is 9.47 Å². The molecule has 1 spiro atoms. The summed E-state index contributed by atoms with van der Waals surface area (Å²) in [6.07, 6.45) is 7.86. The number of benzene rings is 1. The van der Waals surface area contributed by atoms with Crippen LogP contribution in [0.15, 0.2) is 24.3 Å². The Morgan fingerprint density at radius 2 is 2.00 bits per heavy atom. The third kappa shape index (κ3) is 2.67. The van der Waals surface area contributed by atoms with Crippen molar-refractivity contribution in [3.63, 3.8) is 0 Å². The minimum absolute atomic E-state index is 0.220. The molecule has 0 radical (unpaired) electrons. The quantitative estimate of drug-likeness (QED) is 0.756. The van der Waals surface area contributed by atoms with Crippen LogP contribution in [0.2, 0.25) is 0 Å². The lowest BCUT2D eigenvalue weighted by molar-refractivity contribution is -0.0509. The Morgan fingerprint density at radius 1 is 1.22 bits per heavy atom. The van der Waals surface area contributed by atoms with Gasteiger partial charge in [-0.3, -0.25) is 0 Å². The van der Waals surface area contributed by atoms with Gasteiger partial charge in [-0.05, 0) is 60.4 Å². The highest BCUT2D eigenvalue weighted by atomic mass is 127. The highest BCUT2D eigenvalue weighted by molar-refractivity contribution is 14.1. The molecule has 18 heavy (non-hydrogen) atoms. The van der Waals surface area contributed by atoms with Gasteiger partial charge in [0, 0.05) is 0 Å². The maximum atomic E-state index is 6.24. The molecule has 1 unspecified atom stereocenters. The average Bonchev–Trinajstić information content (AvgIpc) is 3.00. The molecule has 1 saturated heterocycles. The lowest BCUT2D eigenvalue weighted by Crippen LogP contribution is -2.27. The molecule has 0 N–H and O–H groups in total. The van der Waals surface area contributed by atoms with Crippen molar-refractivity contribution in [3.05, 3.63) is 27.8 Å². The lowest BCUT2D eigenvalue weighted by atomic mass is 9.98. The molecular formula is C15H19IO2. The normalized spacial score (nSPS) is 25.7. The number of para-hydroxylation sites is 1. The van der Waals surface area contributed by atoms with Crippen molar-refractivity contribution in [2.24, 2.45) is 0 Å². The molecule has 1 aromatic carbocycles. The van der Waals surface area contributed by atoms with Crippen LogP contribution >= 0.6 is 22.6 Å². The number of hydrogen-bond acceptors (Lipinski definition) is 2. The molecule has 1 aliphatic carbocycles. The van der Waals surface area contributed by atoms with E-state index in [-0.39, 0.29) is 5.60 Å². The minimum atomic E-state index is 0.220. The predicted octanol–water partition coefficient (Wildman–Crippen LogP) is 4.16. The van der Waals surface area contributed by atoms with E-state index < -0.39 is 0 Å². The summed E-state index contributed by atoms with van der Waals surface area (Å²) in [5.41, 5.74) is 0.220. The molecule has 3 rings (SSSR count). The van der Waals surface area contributed by atoms with E-state index in [1.807, 2.05) is 18.2 Å². The van der Waals surface area contributed by atoms with Gasteiger partial charge in [-0.15, -0.1) is 0 Å². The Morgan fingerprint density at radius 3 is 2.78 bits per heavy atom. The van der Waals surface area contributed by atoms with Gasteiger partial charge in [0.15, 0.2) is 0 Å². The van der Waals surface area contributed by atoms with Crippen LogP contribution in [0.25, 0.3) is 0 Å². The number of ether oxygens (including phenoxy) is 2. The molecule has 1 heterocycles. The third-order valence-corrected chi connectivity index (χ3v) is 5.01. The summed E-state index contributed by atoms with van der Waals surface area (Å²) in [6.45, 7) is 0.696. The first-order valence-corrected chi connectivity index (χ1v) is 7.90. The highest BCUT2D eigenvalue weighted by Gasteiger charge is 2.42. The zero-order valence-corrected chi connectivity index (χ0v) is 12.7. The molecule has 1 aromatic rings. The predicted molar refractivity (Wildman–Crippen MR) is 80.0 cm³/mol. The fraction of sp³-hybridized carbons (Fsp3) is 0.600. The molecule has 2 nitrogen and oxygen atoms in total. The van der Waals surface area contributed by atoms with Gasteiger partial charge in [-0.2, -0.15) is 0 Å². The summed E-state index contributed by atoms with van der Waals surface area (Å²) in [4.78, 5) is 0. The molecule has 98 valence electrons. The van der Waals surface area contributed by atoms with E-state index in [1.54, 1.807) is 0 Å². The Bertz CT molecular complexity index is 413. The fourth-order valence-corrected chi connectivity index (χ4v) is 3.69. The molecule has 0 amide bonds. The molecule has 0 aromatic heterocycles. The molecule has 2 fully saturated rings. The van der Waals surface area contributed by atoms with Gasteiger partial charge in [0.25, 0.3) is 0 Å². The first-order chi connectivity index (χ1) is 8.77. The molecule has 3 heteroatoms. The average molecular weight is 358 g/mol. The van der Waals surface area contributed by atoms with E-state index in [0.717, 1.165) is 12.2 Å². The standard InChI is InChI=1S/C15H19IO2/c16-13-5-1-2-6-14(13)17-11-12-7-10-15(18-12)8-3-4-9-15/h1-2,5-6,12H,3-4,7-11H2. The van der Waals surface area contributed by atoms with E-state index in [0.29, 0.717) is 12.7 Å². The van der Waals surface area contributed by atoms with Crippen LogP contribution < -0.4 is 4.74 Å². The summed E-state index contributed by atoms with van der Waals surface area (Å²) < 4.78 is 13.3. The van der Waals surface area contributed by atoms with Gasteiger partial charge in [0.2, 0.25) is 0 Å². The highest BCUT2D eigenvalue weighted by Crippen LogP contribution is 2.43. The maximum absolute atomic E-state index is 6.24. The fourth-order valence-electron chi connectivity index (χ4n) is 3.14. The van der Waals surface area contributed by atoms with Crippen LogP contribution in [0, 0.1) is 3.57 Å². The van der Waals surface area contributed by atoms with Crippen LogP contribution in [0.3, 0.4) is 0 Å². The van der Waals surface area contributed by atoms with Crippen LogP contribution in [-0.4, -0.2) is 18.3 Å². The van der Waals surface area contributed by atoms with Crippen molar-refractivity contribution in [3.8, 4) is 5.75 Å². The second-order valence-electron chi connectivity index (χ2n) is 5.41. The van der Waals surface area contributed by atoms with E-state index in [9.17, 15) is 0 Å². The van der Waals surface area contributed by atoms with E-state index >= 15 is 0 Å². The van der Waals surface area contributed by atoms with E-state index in [4.69, 9.17) is 9.47 Å². The molecule has 0 bridgehead atoms. The first kappa shape index (κ1) is 12.7. The maximum Gasteiger partial charge on any atom is 0.132 e. The summed E-state index contributed by atoms with van der Waals surface area (Å²) >= 11 is 2.31. The van der Waals surface area contributed by atoms with Crippen molar-refractivity contribution in [2.75, 3.05) is 6.61 Å². The largest absolute Gasteiger partial charge is 0.490 e. The SMILES string of the molecule is Ic1ccccc1OCC1CCC2(CCCC2)O1. The monoisotopic (exact) mass is 358 g/mol. The minimum Gasteiger partial charge on any atom is -0.490 e.